The highest BCUT2D eigenvalue weighted by molar-refractivity contribution is 6.09. The molecule has 0 unspecified atom stereocenters. The van der Waals surface area contributed by atoms with Crippen LogP contribution in [0.4, 0.5) is 8.78 Å². The SMILES string of the molecule is C=CCN(C)Cc1ccc(-c2ccc(C(=O)c3ccc(F)cc3F)cc2)cc1.Cl. The van der Waals surface area contributed by atoms with Crippen molar-refractivity contribution < 1.29 is 13.6 Å². The van der Waals surface area contributed by atoms with Crippen molar-refractivity contribution in [1.29, 1.82) is 0 Å². The Balaban J connectivity index is 0.00000300. The summed E-state index contributed by atoms with van der Waals surface area (Å²) >= 11 is 0. The highest BCUT2D eigenvalue weighted by atomic mass is 35.5. The maximum Gasteiger partial charge on any atom is 0.195 e. The molecule has 0 amide bonds. The third-order valence-corrected chi connectivity index (χ3v) is 4.50. The number of halogens is 3. The molecule has 0 aliphatic heterocycles. The van der Waals surface area contributed by atoms with Crippen molar-refractivity contribution in [2.45, 2.75) is 6.54 Å². The summed E-state index contributed by atoms with van der Waals surface area (Å²) in [6.07, 6.45) is 1.87. The van der Waals surface area contributed by atoms with E-state index >= 15 is 0 Å². The lowest BCUT2D eigenvalue weighted by Crippen LogP contribution is -2.17. The molecule has 0 spiro atoms. The van der Waals surface area contributed by atoms with E-state index in [2.05, 4.69) is 23.6 Å². The van der Waals surface area contributed by atoms with E-state index in [4.69, 9.17) is 0 Å². The molecule has 0 N–H and O–H groups in total. The molecular formula is C24H22ClF2NO. The van der Waals surface area contributed by atoms with Crippen molar-refractivity contribution in [3.63, 3.8) is 0 Å². The van der Waals surface area contributed by atoms with E-state index in [0.717, 1.165) is 36.3 Å². The van der Waals surface area contributed by atoms with E-state index in [-0.39, 0.29) is 18.0 Å². The molecule has 0 heterocycles. The van der Waals surface area contributed by atoms with Gasteiger partial charge in [0, 0.05) is 24.7 Å². The molecule has 5 heteroatoms. The fraction of sp³-hybridized carbons (Fsp3) is 0.125. The number of nitrogens with zero attached hydrogens (tertiary/aromatic N) is 1. The van der Waals surface area contributed by atoms with Crippen molar-refractivity contribution >= 4 is 18.2 Å². The second-order valence-electron chi connectivity index (χ2n) is 6.71. The summed E-state index contributed by atoms with van der Waals surface area (Å²) in [6, 6.07) is 18.2. The van der Waals surface area contributed by atoms with Gasteiger partial charge in [0.2, 0.25) is 0 Å². The van der Waals surface area contributed by atoms with Gasteiger partial charge in [0.25, 0.3) is 0 Å². The Hall–Kier alpha value is -2.82. The Labute approximate surface area is 175 Å². The molecule has 0 aliphatic carbocycles. The van der Waals surface area contributed by atoms with Gasteiger partial charge in [-0.25, -0.2) is 8.78 Å². The first-order chi connectivity index (χ1) is 13.5. The Morgan fingerprint density at radius 3 is 2.10 bits per heavy atom. The molecule has 29 heavy (non-hydrogen) atoms. The normalized spacial score (nSPS) is 10.5. The van der Waals surface area contributed by atoms with Crippen molar-refractivity contribution in [3.05, 3.63) is 108 Å². The molecule has 2 nitrogen and oxygen atoms in total. The second kappa shape index (κ2) is 10.1. The molecule has 0 radical (unpaired) electrons. The molecule has 0 aliphatic rings. The van der Waals surface area contributed by atoms with Crippen LogP contribution in [0.3, 0.4) is 0 Å². The average Bonchev–Trinajstić information content (AvgIpc) is 2.68. The smallest absolute Gasteiger partial charge is 0.195 e. The van der Waals surface area contributed by atoms with Gasteiger partial charge < -0.3 is 0 Å². The zero-order chi connectivity index (χ0) is 20.1. The Kier molecular flexibility index (Phi) is 7.82. The van der Waals surface area contributed by atoms with Gasteiger partial charge in [-0.3, -0.25) is 9.69 Å². The molecular weight excluding hydrogens is 392 g/mol. The monoisotopic (exact) mass is 413 g/mol. The van der Waals surface area contributed by atoms with Gasteiger partial charge in [-0.1, -0.05) is 54.6 Å². The quantitative estimate of drug-likeness (QED) is 0.355. The van der Waals surface area contributed by atoms with Crippen LogP contribution in [0.5, 0.6) is 0 Å². The fourth-order valence-corrected chi connectivity index (χ4v) is 3.04. The molecule has 150 valence electrons. The van der Waals surface area contributed by atoms with Gasteiger partial charge in [0.15, 0.2) is 5.78 Å². The highest BCUT2D eigenvalue weighted by Gasteiger charge is 2.14. The van der Waals surface area contributed by atoms with Crippen molar-refractivity contribution in [3.8, 4) is 11.1 Å². The molecule has 3 aromatic rings. The minimum atomic E-state index is -0.855. The topological polar surface area (TPSA) is 20.3 Å². The zero-order valence-electron chi connectivity index (χ0n) is 16.1. The van der Waals surface area contributed by atoms with E-state index in [1.54, 1.807) is 12.1 Å². The zero-order valence-corrected chi connectivity index (χ0v) is 16.9. The van der Waals surface area contributed by atoms with E-state index in [1.807, 2.05) is 37.4 Å². The fourth-order valence-electron chi connectivity index (χ4n) is 3.04. The largest absolute Gasteiger partial charge is 0.298 e. The Bertz CT molecular complexity index is 985. The van der Waals surface area contributed by atoms with Crippen LogP contribution in [-0.2, 0) is 6.54 Å². The van der Waals surface area contributed by atoms with Gasteiger partial charge in [0.05, 0.1) is 5.56 Å². The lowest BCUT2D eigenvalue weighted by Gasteiger charge is -2.14. The maximum atomic E-state index is 13.8. The first-order valence-electron chi connectivity index (χ1n) is 8.96. The molecule has 3 rings (SSSR count). The molecule has 0 bridgehead atoms. The minimum absolute atomic E-state index is 0. The molecule has 0 atom stereocenters. The van der Waals surface area contributed by atoms with E-state index < -0.39 is 17.4 Å². The van der Waals surface area contributed by atoms with Crippen molar-refractivity contribution in [2.24, 2.45) is 0 Å². The summed E-state index contributed by atoms with van der Waals surface area (Å²) in [6.45, 7) is 5.40. The first-order valence-corrected chi connectivity index (χ1v) is 8.96. The number of hydrogen-bond acceptors (Lipinski definition) is 2. The van der Waals surface area contributed by atoms with Crippen molar-refractivity contribution in [1.82, 2.24) is 4.90 Å². The lowest BCUT2D eigenvalue weighted by atomic mass is 9.98. The minimum Gasteiger partial charge on any atom is -0.298 e. The summed E-state index contributed by atoms with van der Waals surface area (Å²) in [5.74, 6) is -2.03. The number of ketones is 1. The molecule has 0 aromatic heterocycles. The van der Waals surface area contributed by atoms with Gasteiger partial charge >= 0.3 is 0 Å². The lowest BCUT2D eigenvalue weighted by molar-refractivity contribution is 0.103. The standard InChI is InChI=1S/C24H21F2NO.ClH/c1-3-14-27(2)16-17-4-6-18(7-5-17)19-8-10-20(11-9-19)24(28)22-13-12-21(25)15-23(22)26;/h3-13,15H,1,14,16H2,2H3;1H. The number of hydrogen-bond donors (Lipinski definition) is 0. The maximum absolute atomic E-state index is 13.8. The van der Waals surface area contributed by atoms with Crippen LogP contribution < -0.4 is 0 Å². The van der Waals surface area contributed by atoms with E-state index in [0.29, 0.717) is 5.56 Å². The van der Waals surface area contributed by atoms with Crippen LogP contribution in [0, 0.1) is 11.6 Å². The predicted molar refractivity (Wildman–Crippen MR) is 115 cm³/mol. The molecule has 0 fully saturated rings. The van der Waals surface area contributed by atoms with Crippen LogP contribution in [0.2, 0.25) is 0 Å². The third kappa shape index (κ3) is 5.59. The third-order valence-electron chi connectivity index (χ3n) is 4.50. The van der Waals surface area contributed by atoms with Crippen LogP contribution in [0.25, 0.3) is 11.1 Å². The number of rotatable bonds is 7. The number of carbonyl (C=O) groups is 1. The van der Waals surface area contributed by atoms with Gasteiger partial charge in [-0.15, -0.1) is 19.0 Å². The van der Waals surface area contributed by atoms with Gasteiger partial charge in [0.1, 0.15) is 11.6 Å². The highest BCUT2D eigenvalue weighted by Crippen LogP contribution is 2.22. The van der Waals surface area contributed by atoms with Crippen molar-refractivity contribution in [2.75, 3.05) is 13.6 Å². The van der Waals surface area contributed by atoms with Crippen LogP contribution in [0.15, 0.2) is 79.4 Å². The summed E-state index contributed by atoms with van der Waals surface area (Å²) in [5, 5.41) is 0. The summed E-state index contributed by atoms with van der Waals surface area (Å²) in [5.41, 5.74) is 3.41. The second-order valence-corrected chi connectivity index (χ2v) is 6.71. The van der Waals surface area contributed by atoms with E-state index in [1.165, 1.54) is 11.6 Å². The Morgan fingerprint density at radius 2 is 1.55 bits per heavy atom. The predicted octanol–water partition coefficient (Wildman–Crippen LogP) is 5.90. The molecule has 0 saturated heterocycles. The van der Waals surface area contributed by atoms with Gasteiger partial charge in [-0.2, -0.15) is 0 Å². The summed E-state index contributed by atoms with van der Waals surface area (Å²) in [7, 11) is 2.04. The molecule has 0 saturated carbocycles. The van der Waals surface area contributed by atoms with Crippen LogP contribution >= 0.6 is 12.4 Å². The van der Waals surface area contributed by atoms with Crippen LogP contribution in [-0.4, -0.2) is 24.3 Å². The Morgan fingerprint density at radius 1 is 0.966 bits per heavy atom. The summed E-state index contributed by atoms with van der Waals surface area (Å²) < 4.78 is 26.9. The summed E-state index contributed by atoms with van der Waals surface area (Å²) in [4.78, 5) is 14.6. The first kappa shape index (κ1) is 22.5. The average molecular weight is 414 g/mol. The van der Waals surface area contributed by atoms with Crippen LogP contribution in [0.1, 0.15) is 21.5 Å². The number of benzene rings is 3. The number of carbonyl (C=O) groups excluding carboxylic acids is 1. The number of likely N-dealkylation sites (N-methyl/N-ethyl adjacent to an activating group) is 1. The van der Waals surface area contributed by atoms with Gasteiger partial charge in [-0.05, 0) is 35.9 Å². The molecule has 3 aromatic carbocycles. The van der Waals surface area contributed by atoms with E-state index in [9.17, 15) is 13.6 Å².